The Labute approximate surface area is 615 Å². The third-order valence-corrected chi connectivity index (χ3v) is 12.0. The highest BCUT2D eigenvalue weighted by Gasteiger charge is 2.09. The molecule has 0 aliphatic carbocycles. The van der Waals surface area contributed by atoms with E-state index in [1.54, 1.807) is 27.7 Å². The second kappa shape index (κ2) is 94.4. The molecule has 0 saturated heterocycles. The number of unbranched alkanes of at least 4 members (excludes halogenated alkanes) is 4. The molecule has 596 valence electrons. The predicted molar refractivity (Wildman–Crippen MR) is 403 cm³/mol. The van der Waals surface area contributed by atoms with E-state index in [0.29, 0.717) is 166 Å². The van der Waals surface area contributed by atoms with Gasteiger partial charge in [-0.2, -0.15) is 0 Å². The third-order valence-electron chi connectivity index (χ3n) is 12.0. The molecule has 2 atom stereocenters. The number of carbonyl (C=O) groups excluding carboxylic acids is 8. The van der Waals surface area contributed by atoms with Crippen LogP contribution in [-0.2, 0) is 114 Å². The van der Waals surface area contributed by atoms with Gasteiger partial charge in [-0.1, -0.05) is 159 Å². The van der Waals surface area contributed by atoms with Crippen LogP contribution in [0.1, 0.15) is 187 Å². The van der Waals surface area contributed by atoms with Crippen LogP contribution >= 0.6 is 0 Å². The first kappa shape index (κ1) is 111. The number of ether oxygens (including phenoxy) is 16. The van der Waals surface area contributed by atoms with Gasteiger partial charge in [0.25, 0.3) is 0 Å². The van der Waals surface area contributed by atoms with Crippen LogP contribution < -0.4 is 0 Å². The van der Waals surface area contributed by atoms with Crippen LogP contribution in [0.3, 0.4) is 0 Å². The summed E-state index contributed by atoms with van der Waals surface area (Å²) in [7, 11) is 0. The van der Waals surface area contributed by atoms with Crippen molar-refractivity contribution < 1.29 is 114 Å². The summed E-state index contributed by atoms with van der Waals surface area (Å²) in [6.45, 7) is 66.2. The summed E-state index contributed by atoms with van der Waals surface area (Å²) in [5.41, 5.74) is 1.69. The molecule has 0 spiro atoms. The van der Waals surface area contributed by atoms with Crippen molar-refractivity contribution in [3.8, 4) is 0 Å². The van der Waals surface area contributed by atoms with E-state index in [1.807, 2.05) is 27.7 Å². The highest BCUT2D eigenvalue weighted by atomic mass is 16.6. The summed E-state index contributed by atoms with van der Waals surface area (Å²) in [5.74, 6) is -1.71. The Morgan fingerprint density at radius 3 is 0.676 bits per heavy atom. The zero-order valence-electron chi connectivity index (χ0n) is 65.8. The molecule has 0 aromatic rings. The van der Waals surface area contributed by atoms with Crippen molar-refractivity contribution in [2.75, 3.05) is 159 Å². The fraction of sp³-hybridized carbons (Fsp3) is 0.692. The van der Waals surface area contributed by atoms with Crippen LogP contribution in [0.2, 0.25) is 0 Å². The predicted octanol–water partition coefficient (Wildman–Crippen LogP) is 14.3. The van der Waals surface area contributed by atoms with Crippen molar-refractivity contribution in [1.82, 2.24) is 0 Å². The van der Waals surface area contributed by atoms with Gasteiger partial charge in [-0.25, -0.2) is 38.4 Å². The van der Waals surface area contributed by atoms with E-state index in [-0.39, 0.29) is 29.8 Å². The van der Waals surface area contributed by atoms with Crippen LogP contribution in [0.5, 0.6) is 0 Å². The summed E-state index contributed by atoms with van der Waals surface area (Å²) in [6.07, 6.45) is 20.6. The molecule has 0 aromatic carbocycles. The van der Waals surface area contributed by atoms with Gasteiger partial charge in [-0.05, 0) is 91.9 Å². The summed E-state index contributed by atoms with van der Waals surface area (Å²) >= 11 is 0. The maximum absolute atomic E-state index is 11.1. The maximum atomic E-state index is 11.1. The van der Waals surface area contributed by atoms with Crippen LogP contribution in [-0.4, -0.2) is 206 Å². The van der Waals surface area contributed by atoms with Crippen molar-refractivity contribution in [2.45, 2.75) is 187 Å². The molecule has 24 nitrogen and oxygen atoms in total. The van der Waals surface area contributed by atoms with E-state index in [4.69, 9.17) is 61.6 Å². The monoisotopic (exact) mass is 1460 g/mol. The smallest absolute Gasteiger partial charge is 0.333 e. The van der Waals surface area contributed by atoms with Crippen molar-refractivity contribution in [3.63, 3.8) is 0 Å². The van der Waals surface area contributed by atoms with Crippen molar-refractivity contribution in [2.24, 2.45) is 11.8 Å². The Kier molecular flexibility index (Phi) is 103. The molecule has 0 radical (unpaired) electrons. The molecular formula is C78H140O24. The van der Waals surface area contributed by atoms with Gasteiger partial charge in [0.2, 0.25) is 0 Å². The highest BCUT2D eigenvalue weighted by molar-refractivity contribution is 5.88. The molecule has 0 fully saturated rings. The van der Waals surface area contributed by atoms with Gasteiger partial charge in [0.1, 0.15) is 52.9 Å². The first-order valence-electron chi connectivity index (χ1n) is 35.9. The minimum absolute atomic E-state index is 0.304. The average Bonchev–Trinajstić information content (AvgIpc) is 3.07. The minimum Gasteiger partial charge on any atom is -0.460 e. The average molecular weight is 1460 g/mol. The number of esters is 8. The molecule has 0 aromatic heterocycles. The van der Waals surface area contributed by atoms with Gasteiger partial charge in [0, 0.05) is 99.5 Å². The summed E-state index contributed by atoms with van der Waals surface area (Å²) in [5, 5.41) is 0. The van der Waals surface area contributed by atoms with Gasteiger partial charge in [-0.15, -0.1) is 0 Å². The zero-order valence-corrected chi connectivity index (χ0v) is 65.8. The Balaban J connectivity index is -0.000000166. The van der Waals surface area contributed by atoms with E-state index in [9.17, 15) is 38.4 Å². The Morgan fingerprint density at radius 1 is 0.265 bits per heavy atom. The SMILES string of the molecule is C=C(C)C(=O)OCCOCC.C=C(C)C(=O)OCCOCC(CC)CCCC.C=C(C)C(=O)OCCOCCC.C=C(C)C(=O)OCCOCCCC.C=CC(=O)OCCOCC.C=CC(=O)OCCOCC(CC)CCCC.C=CC(=O)OCCOCCC.C=CC(=O)OCCOCCCC. The van der Waals surface area contributed by atoms with Crippen LogP contribution in [0.15, 0.2) is 99.2 Å². The molecule has 0 N–H and O–H groups in total. The molecule has 2 unspecified atom stereocenters. The molecule has 24 heteroatoms. The van der Waals surface area contributed by atoms with E-state index < -0.39 is 17.9 Å². The lowest BCUT2D eigenvalue weighted by Gasteiger charge is -2.14. The van der Waals surface area contributed by atoms with Gasteiger partial charge >= 0.3 is 47.8 Å². The second-order valence-corrected chi connectivity index (χ2v) is 21.7. The Morgan fingerprint density at radius 2 is 0.480 bits per heavy atom. The van der Waals surface area contributed by atoms with Gasteiger partial charge < -0.3 is 75.8 Å². The number of hydrogen-bond donors (Lipinski definition) is 0. The molecule has 0 aliphatic rings. The largest absolute Gasteiger partial charge is 0.460 e. The molecule has 0 amide bonds. The van der Waals surface area contributed by atoms with E-state index >= 15 is 0 Å². The first-order valence-corrected chi connectivity index (χ1v) is 35.9. The molecule has 0 rings (SSSR count). The molecular weight excluding hydrogens is 1320 g/mol. The van der Waals surface area contributed by atoms with Crippen molar-refractivity contribution in [1.29, 1.82) is 0 Å². The van der Waals surface area contributed by atoms with Gasteiger partial charge in [0.15, 0.2) is 0 Å². The zero-order chi connectivity index (χ0) is 79.1. The summed E-state index contributed by atoms with van der Waals surface area (Å²) in [4.78, 5) is 85.5. The standard InChI is InChI=1S/C14H26O3.C13H24O3.C10H18O3.2C9H16O3.2C8H14O3.C7H12O3/c1-5-7-8-13(6-2)11-16-9-10-17-14(15)12(3)4;1-4-7-8-12(5-2)11-15-9-10-16-13(14)6-3;1-4-5-6-12-7-8-13-10(11)9(2)3;1-4-5-11-6-7-12-9(10)8(2)3;1-3-5-6-11-7-8-12-9(10)4-2;1-4-10-5-6-11-8(9)7(2)3;1-3-5-10-6-7-11-8(9)4-2;1-3-7(8)10-6-5-9-4-2/h13H,3,5-11H2,1-2,4H3;6,12H,3-5,7-11H2,1-2H3;2,4-8H2,1,3H3;2,4-7H2,1,3H3;4H,2-3,5-8H2,1H3;2,4-6H2,1,3H3;4H,2-3,5-7H2,1H3;3H,1,4-6H2,2H3. The third kappa shape index (κ3) is 104. The summed E-state index contributed by atoms with van der Waals surface area (Å²) < 4.78 is 79.4. The fourth-order valence-corrected chi connectivity index (χ4v) is 6.08. The molecule has 0 bridgehead atoms. The summed E-state index contributed by atoms with van der Waals surface area (Å²) in [6, 6.07) is 0. The number of hydrogen-bond acceptors (Lipinski definition) is 24. The Bertz CT molecular complexity index is 2090. The highest BCUT2D eigenvalue weighted by Crippen LogP contribution is 2.14. The quantitative estimate of drug-likeness (QED) is 0.0237. The van der Waals surface area contributed by atoms with Crippen molar-refractivity contribution in [3.05, 3.63) is 99.2 Å². The van der Waals surface area contributed by atoms with E-state index in [2.05, 4.69) is 108 Å². The van der Waals surface area contributed by atoms with Gasteiger partial charge in [-0.3, -0.25) is 0 Å². The molecule has 102 heavy (non-hydrogen) atoms. The van der Waals surface area contributed by atoms with Crippen molar-refractivity contribution >= 4 is 47.8 Å². The number of carbonyl (C=O) groups is 8. The van der Waals surface area contributed by atoms with E-state index in [0.717, 1.165) is 102 Å². The number of rotatable bonds is 56. The Hall–Kier alpha value is -6.64. The van der Waals surface area contributed by atoms with Crippen LogP contribution in [0.25, 0.3) is 0 Å². The lowest BCUT2D eigenvalue weighted by Crippen LogP contribution is -2.14. The lowest BCUT2D eigenvalue weighted by molar-refractivity contribution is -0.141. The normalized spacial score (nSPS) is 10.3. The fourth-order valence-electron chi connectivity index (χ4n) is 6.08. The minimum atomic E-state index is -0.403. The first-order chi connectivity index (χ1) is 48.8. The lowest BCUT2D eigenvalue weighted by atomic mass is 10.0. The molecule has 0 aliphatic heterocycles. The topological polar surface area (TPSA) is 284 Å². The molecule has 0 heterocycles. The molecule has 0 saturated carbocycles. The second-order valence-electron chi connectivity index (χ2n) is 21.7. The van der Waals surface area contributed by atoms with Crippen LogP contribution in [0, 0.1) is 11.8 Å². The van der Waals surface area contributed by atoms with Gasteiger partial charge in [0.05, 0.1) is 52.9 Å². The van der Waals surface area contributed by atoms with Crippen LogP contribution in [0.4, 0.5) is 0 Å². The van der Waals surface area contributed by atoms with E-state index in [1.165, 1.54) is 38.5 Å². The maximum Gasteiger partial charge on any atom is 0.333 e.